The van der Waals surface area contributed by atoms with E-state index < -0.39 is 0 Å². The molecule has 0 bridgehead atoms. The minimum Gasteiger partial charge on any atom is -0.368 e. The minimum absolute atomic E-state index is 0.0158. The predicted octanol–water partition coefficient (Wildman–Crippen LogP) is 3.31. The van der Waals surface area contributed by atoms with Crippen molar-refractivity contribution in [3.8, 4) is 0 Å². The highest BCUT2D eigenvalue weighted by Gasteiger charge is 2.27. The number of hydrogen-bond donors (Lipinski definition) is 2. The van der Waals surface area contributed by atoms with Crippen LogP contribution in [0.1, 0.15) is 52.0 Å². The molecule has 1 amide bonds. The number of piperazine rings is 1. The number of allylic oxidation sites excluding steroid dienone is 2. The lowest BCUT2D eigenvalue weighted by molar-refractivity contribution is -0.113. The molecule has 2 fully saturated rings. The van der Waals surface area contributed by atoms with Crippen molar-refractivity contribution < 1.29 is 9.59 Å². The maximum absolute atomic E-state index is 12.2. The highest BCUT2D eigenvalue weighted by molar-refractivity contribution is 6.01. The molecule has 0 atom stereocenters. The van der Waals surface area contributed by atoms with Crippen molar-refractivity contribution in [1.82, 2.24) is 20.3 Å². The Labute approximate surface area is 200 Å². The quantitative estimate of drug-likeness (QED) is 0.454. The molecular formula is C25H33N7O2. The number of hydrogen-bond acceptors (Lipinski definition) is 8. The van der Waals surface area contributed by atoms with Gasteiger partial charge in [-0.2, -0.15) is 4.98 Å². The van der Waals surface area contributed by atoms with Gasteiger partial charge in [-0.05, 0) is 56.9 Å². The van der Waals surface area contributed by atoms with Gasteiger partial charge in [-0.15, -0.1) is 0 Å². The maximum Gasteiger partial charge on any atom is 0.230 e. The van der Waals surface area contributed by atoms with Gasteiger partial charge in [-0.3, -0.25) is 14.5 Å². The fraction of sp³-hybridized carbons (Fsp3) is 0.480. The molecule has 2 aliphatic rings. The first kappa shape index (κ1) is 23.8. The number of aromatic nitrogens is 3. The zero-order valence-electron chi connectivity index (χ0n) is 20.2. The van der Waals surface area contributed by atoms with Gasteiger partial charge in [-0.1, -0.05) is 12.8 Å². The Morgan fingerprint density at radius 2 is 1.85 bits per heavy atom. The van der Waals surface area contributed by atoms with Gasteiger partial charge in [0.05, 0.1) is 11.9 Å². The van der Waals surface area contributed by atoms with Crippen molar-refractivity contribution in [3.63, 3.8) is 0 Å². The molecule has 9 nitrogen and oxygen atoms in total. The molecule has 1 aliphatic carbocycles. The molecule has 0 unspecified atom stereocenters. The van der Waals surface area contributed by atoms with Crippen molar-refractivity contribution in [2.24, 2.45) is 0 Å². The maximum atomic E-state index is 12.2. The van der Waals surface area contributed by atoms with Crippen molar-refractivity contribution in [2.75, 3.05) is 41.3 Å². The molecule has 0 radical (unpaired) electrons. The van der Waals surface area contributed by atoms with E-state index in [1.54, 1.807) is 24.9 Å². The summed E-state index contributed by atoms with van der Waals surface area (Å²) in [6.07, 6.45) is 8.44. The molecule has 1 saturated carbocycles. The number of anilines is 4. The van der Waals surface area contributed by atoms with Gasteiger partial charge in [0.25, 0.3) is 0 Å². The second kappa shape index (κ2) is 10.7. The van der Waals surface area contributed by atoms with Gasteiger partial charge >= 0.3 is 0 Å². The van der Waals surface area contributed by atoms with E-state index in [1.165, 1.54) is 0 Å². The first-order valence-electron chi connectivity index (χ1n) is 12.0. The number of rotatable bonds is 8. The van der Waals surface area contributed by atoms with Crippen molar-refractivity contribution in [2.45, 2.75) is 52.5 Å². The molecule has 180 valence electrons. The zero-order chi connectivity index (χ0) is 24.1. The van der Waals surface area contributed by atoms with Crippen LogP contribution in [0.4, 0.5) is 23.3 Å². The summed E-state index contributed by atoms with van der Waals surface area (Å²) >= 11 is 0. The highest BCUT2D eigenvalue weighted by atomic mass is 16.1. The fourth-order valence-electron chi connectivity index (χ4n) is 4.54. The molecule has 3 heterocycles. The topological polar surface area (TPSA) is 103 Å². The predicted molar refractivity (Wildman–Crippen MR) is 134 cm³/mol. The normalized spacial score (nSPS) is 17.3. The van der Waals surface area contributed by atoms with Crippen LogP contribution in [0.15, 0.2) is 30.1 Å². The number of carbonyl (C=O) groups is 2. The lowest BCUT2D eigenvalue weighted by atomic mass is 10.0. The van der Waals surface area contributed by atoms with Crippen LogP contribution in [0, 0.1) is 0 Å². The zero-order valence-corrected chi connectivity index (χ0v) is 20.2. The molecule has 1 saturated heterocycles. The third kappa shape index (κ3) is 5.25. The summed E-state index contributed by atoms with van der Waals surface area (Å²) < 4.78 is 0. The highest BCUT2D eigenvalue weighted by Crippen LogP contribution is 2.33. The third-order valence-corrected chi connectivity index (χ3v) is 6.81. The Balaban J connectivity index is 1.64. The van der Waals surface area contributed by atoms with E-state index >= 15 is 0 Å². The second-order valence-corrected chi connectivity index (χ2v) is 8.95. The first-order chi connectivity index (χ1) is 16.5. The van der Waals surface area contributed by atoms with Crippen LogP contribution in [-0.2, 0) is 9.59 Å². The van der Waals surface area contributed by atoms with Crippen molar-refractivity contribution in [1.29, 1.82) is 0 Å². The number of amides is 1. The Morgan fingerprint density at radius 1 is 1.12 bits per heavy atom. The fourth-order valence-corrected chi connectivity index (χ4v) is 4.54. The van der Waals surface area contributed by atoms with E-state index in [9.17, 15) is 9.59 Å². The van der Waals surface area contributed by atoms with Gasteiger partial charge in [0, 0.05) is 44.0 Å². The lowest BCUT2D eigenvalue weighted by Crippen LogP contribution is -2.43. The number of nitrogens with zero attached hydrogens (tertiary/aromatic N) is 5. The molecule has 0 spiro atoms. The number of carbonyl (C=O) groups excluding carboxylic acids is 2. The van der Waals surface area contributed by atoms with Gasteiger partial charge in [-0.25, -0.2) is 9.97 Å². The molecule has 2 aromatic heterocycles. The summed E-state index contributed by atoms with van der Waals surface area (Å²) in [6.45, 7) is 9.05. The van der Waals surface area contributed by atoms with Crippen LogP contribution in [0.5, 0.6) is 0 Å². The van der Waals surface area contributed by atoms with Crippen LogP contribution < -0.4 is 20.4 Å². The van der Waals surface area contributed by atoms with Crippen LogP contribution in [0.25, 0.3) is 5.57 Å². The standard InChI is InChI=1S/C25H33N7O2/c1-17(19(3)34)18(2)22-15-28-25(30-24(22)32(16-33)20-6-4-5-7-20)29-23-9-8-21(14-27-23)31-12-10-26-11-13-31/h8-9,14-16,20,26H,4-7,10-13H2,1-3H3,(H,27,28,29,30)/b18-17+. The third-order valence-electron chi connectivity index (χ3n) is 6.81. The van der Waals surface area contributed by atoms with Gasteiger partial charge in [0.2, 0.25) is 12.4 Å². The molecule has 4 rings (SSSR count). The number of pyridine rings is 1. The van der Waals surface area contributed by atoms with Gasteiger partial charge in [0.1, 0.15) is 11.6 Å². The monoisotopic (exact) mass is 463 g/mol. The molecule has 0 aromatic carbocycles. The van der Waals surface area contributed by atoms with Crippen LogP contribution in [0.2, 0.25) is 0 Å². The van der Waals surface area contributed by atoms with E-state index in [0.29, 0.717) is 28.7 Å². The smallest absolute Gasteiger partial charge is 0.230 e. The first-order valence-corrected chi connectivity index (χ1v) is 12.0. The summed E-state index contributed by atoms with van der Waals surface area (Å²) in [7, 11) is 0. The second-order valence-electron chi connectivity index (χ2n) is 8.95. The van der Waals surface area contributed by atoms with Gasteiger partial charge in [0.15, 0.2) is 5.78 Å². The molecule has 2 N–H and O–H groups in total. The van der Waals surface area contributed by atoms with E-state index in [4.69, 9.17) is 4.98 Å². The van der Waals surface area contributed by atoms with E-state index in [2.05, 4.69) is 25.5 Å². The summed E-state index contributed by atoms with van der Waals surface area (Å²) in [5.74, 6) is 1.50. The number of nitrogens with one attached hydrogen (secondary N) is 2. The van der Waals surface area contributed by atoms with Crippen LogP contribution in [-0.4, -0.2) is 59.4 Å². The number of ketones is 1. The Bertz CT molecular complexity index is 1060. The van der Waals surface area contributed by atoms with Crippen LogP contribution in [0.3, 0.4) is 0 Å². The molecular weight excluding hydrogens is 430 g/mol. The minimum atomic E-state index is -0.0158. The SMILES string of the molecule is CC(=O)/C(C)=C(\C)c1cnc(Nc2ccc(N3CCNCC3)cn2)nc1N(C=O)C1CCCC1. The van der Waals surface area contributed by atoms with Crippen LogP contribution >= 0.6 is 0 Å². The average Bonchev–Trinajstić information content (AvgIpc) is 3.39. The summed E-state index contributed by atoms with van der Waals surface area (Å²) in [5, 5.41) is 6.52. The van der Waals surface area contributed by atoms with E-state index in [-0.39, 0.29) is 11.8 Å². The summed E-state index contributed by atoms with van der Waals surface area (Å²) in [6, 6.07) is 4.05. The molecule has 34 heavy (non-hydrogen) atoms. The van der Waals surface area contributed by atoms with Crippen molar-refractivity contribution in [3.05, 3.63) is 35.7 Å². The van der Waals surface area contributed by atoms with Crippen molar-refractivity contribution >= 4 is 41.0 Å². The molecule has 9 heteroatoms. The largest absolute Gasteiger partial charge is 0.368 e. The lowest BCUT2D eigenvalue weighted by Gasteiger charge is -2.29. The number of Topliss-reactive ketones (excluding diaryl/α,β-unsaturated/α-hetero) is 1. The molecule has 1 aliphatic heterocycles. The Kier molecular flexibility index (Phi) is 7.52. The summed E-state index contributed by atoms with van der Waals surface area (Å²) in [4.78, 5) is 41.9. The average molecular weight is 464 g/mol. The summed E-state index contributed by atoms with van der Waals surface area (Å²) in [5.41, 5.74) is 3.18. The Hall–Kier alpha value is -3.33. The van der Waals surface area contributed by atoms with E-state index in [0.717, 1.165) is 69.5 Å². The van der Waals surface area contributed by atoms with Gasteiger partial charge < -0.3 is 15.5 Å². The Morgan fingerprint density at radius 3 is 2.47 bits per heavy atom. The van der Waals surface area contributed by atoms with E-state index in [1.807, 2.05) is 25.3 Å². The molecule has 2 aromatic rings.